The normalized spacial score (nSPS) is 14.3. The standard InChI is InChI=1S/C20H23N3O7S/c1-27-8-7-23(21-12-13-5-6-16(24)17(9-13)29-3)20-15-10-14(28-2)11-18(30-4)19(15)31(25,26)22-20/h5-6,9-12,24H,7-8H2,1-4H3/b21-12+. The first kappa shape index (κ1) is 22.4. The van der Waals surface area contributed by atoms with Gasteiger partial charge in [0.05, 0.1) is 40.7 Å². The summed E-state index contributed by atoms with van der Waals surface area (Å²) in [4.78, 5) is -0.0466. The first-order chi connectivity index (χ1) is 14.8. The first-order valence-electron chi connectivity index (χ1n) is 9.13. The van der Waals surface area contributed by atoms with Crippen LogP contribution >= 0.6 is 0 Å². The third kappa shape index (κ3) is 4.57. The first-order valence-corrected chi connectivity index (χ1v) is 10.6. The van der Waals surface area contributed by atoms with Gasteiger partial charge < -0.3 is 24.1 Å². The van der Waals surface area contributed by atoms with Gasteiger partial charge in [-0.1, -0.05) is 0 Å². The summed E-state index contributed by atoms with van der Waals surface area (Å²) in [6, 6.07) is 7.77. The lowest BCUT2D eigenvalue weighted by molar-refractivity contribution is 0.178. The van der Waals surface area contributed by atoms with E-state index >= 15 is 0 Å². The van der Waals surface area contributed by atoms with Gasteiger partial charge in [-0.15, -0.1) is 4.40 Å². The number of hydrogen-bond acceptors (Lipinski definition) is 9. The molecule has 2 aromatic rings. The molecule has 1 aliphatic heterocycles. The number of methoxy groups -OCH3 is 4. The molecule has 0 aliphatic carbocycles. The summed E-state index contributed by atoms with van der Waals surface area (Å²) in [5, 5.41) is 15.6. The number of hydrogen-bond donors (Lipinski definition) is 1. The largest absolute Gasteiger partial charge is 0.504 e. The maximum absolute atomic E-state index is 12.8. The molecule has 31 heavy (non-hydrogen) atoms. The van der Waals surface area contributed by atoms with Gasteiger partial charge in [-0.25, -0.2) is 5.01 Å². The molecule has 0 amide bonds. The molecule has 1 N–H and O–H groups in total. The Morgan fingerprint density at radius 2 is 1.81 bits per heavy atom. The molecule has 0 fully saturated rings. The maximum atomic E-state index is 12.8. The summed E-state index contributed by atoms with van der Waals surface area (Å²) >= 11 is 0. The Balaban J connectivity index is 2.06. The van der Waals surface area contributed by atoms with E-state index < -0.39 is 10.0 Å². The lowest BCUT2D eigenvalue weighted by atomic mass is 10.1. The number of ether oxygens (including phenoxy) is 4. The van der Waals surface area contributed by atoms with Crippen LogP contribution in [-0.4, -0.2) is 72.2 Å². The molecule has 3 rings (SSSR count). The molecule has 11 heteroatoms. The molecule has 0 radical (unpaired) electrons. The molecule has 0 saturated carbocycles. The third-order valence-corrected chi connectivity index (χ3v) is 5.84. The molecule has 2 aromatic carbocycles. The minimum atomic E-state index is -3.99. The van der Waals surface area contributed by atoms with Crippen LogP contribution in [0.15, 0.2) is 44.7 Å². The van der Waals surface area contributed by atoms with Gasteiger partial charge in [-0.3, -0.25) is 0 Å². The van der Waals surface area contributed by atoms with Crippen molar-refractivity contribution in [1.82, 2.24) is 5.01 Å². The number of rotatable bonds is 8. The molecule has 1 heterocycles. The number of nitrogens with zero attached hydrogens (tertiary/aromatic N) is 3. The minimum absolute atomic E-state index is 0.00438. The quantitative estimate of drug-likeness (QED) is 0.479. The lowest BCUT2D eigenvalue weighted by Gasteiger charge is -2.19. The maximum Gasteiger partial charge on any atom is 0.288 e. The van der Waals surface area contributed by atoms with Crippen LogP contribution in [0.3, 0.4) is 0 Å². The zero-order chi connectivity index (χ0) is 22.6. The number of benzene rings is 2. The second-order valence-corrected chi connectivity index (χ2v) is 7.93. The highest BCUT2D eigenvalue weighted by Gasteiger charge is 2.36. The van der Waals surface area contributed by atoms with Crippen LogP contribution in [0.2, 0.25) is 0 Å². The molecular formula is C20H23N3O7S. The fourth-order valence-electron chi connectivity index (χ4n) is 2.98. The average Bonchev–Trinajstić information content (AvgIpc) is 3.04. The Morgan fingerprint density at radius 3 is 2.45 bits per heavy atom. The highest BCUT2D eigenvalue weighted by molar-refractivity contribution is 7.90. The fraction of sp³-hybridized carbons (Fsp3) is 0.300. The van der Waals surface area contributed by atoms with E-state index in [1.54, 1.807) is 18.2 Å². The zero-order valence-electron chi connectivity index (χ0n) is 17.5. The van der Waals surface area contributed by atoms with Crippen molar-refractivity contribution >= 4 is 22.1 Å². The van der Waals surface area contributed by atoms with E-state index in [-0.39, 0.29) is 41.1 Å². The molecule has 0 saturated heterocycles. The van der Waals surface area contributed by atoms with E-state index in [1.807, 2.05) is 0 Å². The number of fused-ring (bicyclic) bond motifs is 1. The van der Waals surface area contributed by atoms with Crippen molar-refractivity contribution in [2.24, 2.45) is 9.50 Å². The highest BCUT2D eigenvalue weighted by Crippen LogP contribution is 2.38. The summed E-state index contributed by atoms with van der Waals surface area (Å²) in [7, 11) is 1.82. The van der Waals surface area contributed by atoms with Gasteiger partial charge in [0.2, 0.25) is 0 Å². The van der Waals surface area contributed by atoms with Crippen molar-refractivity contribution in [2.45, 2.75) is 4.90 Å². The highest BCUT2D eigenvalue weighted by atomic mass is 32.2. The van der Waals surface area contributed by atoms with Crippen LogP contribution in [0.1, 0.15) is 11.1 Å². The summed E-state index contributed by atoms with van der Waals surface area (Å²) < 4.78 is 50.2. The number of phenolic OH excluding ortho intramolecular Hbond substituents is 1. The van der Waals surface area contributed by atoms with Crippen molar-refractivity contribution in [3.63, 3.8) is 0 Å². The smallest absolute Gasteiger partial charge is 0.288 e. The molecule has 0 unspecified atom stereocenters. The van der Waals surface area contributed by atoms with Crippen LogP contribution in [0.5, 0.6) is 23.0 Å². The van der Waals surface area contributed by atoms with Gasteiger partial charge in [0.25, 0.3) is 10.0 Å². The Hall–Kier alpha value is -3.31. The molecule has 1 aliphatic rings. The van der Waals surface area contributed by atoms with Crippen molar-refractivity contribution < 1.29 is 32.5 Å². The van der Waals surface area contributed by atoms with Crippen molar-refractivity contribution in [1.29, 1.82) is 0 Å². The fourth-order valence-corrected chi connectivity index (χ4v) is 4.32. The summed E-state index contributed by atoms with van der Waals surface area (Å²) in [5.74, 6) is 0.945. The van der Waals surface area contributed by atoms with Gasteiger partial charge in [-0.05, 0) is 29.8 Å². The SMILES string of the molecule is COCCN(/N=C/c1ccc(O)c(OC)c1)C1=NS(=O)(=O)c2c(OC)cc(OC)cc21. The van der Waals surface area contributed by atoms with Gasteiger partial charge >= 0.3 is 0 Å². The van der Waals surface area contributed by atoms with E-state index in [0.29, 0.717) is 16.9 Å². The van der Waals surface area contributed by atoms with Gasteiger partial charge in [0, 0.05) is 18.7 Å². The van der Waals surface area contributed by atoms with Crippen LogP contribution < -0.4 is 14.2 Å². The Kier molecular flexibility index (Phi) is 6.66. The van der Waals surface area contributed by atoms with Crippen LogP contribution in [0.25, 0.3) is 0 Å². The number of aromatic hydroxyl groups is 1. The van der Waals surface area contributed by atoms with Gasteiger partial charge in [0.15, 0.2) is 17.3 Å². The topological polar surface area (TPSA) is 119 Å². The summed E-state index contributed by atoms with van der Waals surface area (Å²) in [6.07, 6.45) is 1.50. The van der Waals surface area contributed by atoms with E-state index in [2.05, 4.69) is 9.50 Å². The van der Waals surface area contributed by atoms with Crippen LogP contribution in [0.4, 0.5) is 0 Å². The lowest BCUT2D eigenvalue weighted by Crippen LogP contribution is -2.29. The van der Waals surface area contributed by atoms with E-state index in [0.717, 1.165) is 0 Å². The van der Waals surface area contributed by atoms with Crippen molar-refractivity contribution in [3.8, 4) is 23.0 Å². The minimum Gasteiger partial charge on any atom is -0.504 e. The molecule has 166 valence electrons. The predicted octanol–water partition coefficient (Wildman–Crippen LogP) is 1.85. The Bertz CT molecular complexity index is 1130. The number of amidine groups is 1. The Labute approximate surface area is 180 Å². The number of sulfonamides is 1. The molecule has 0 spiro atoms. The van der Waals surface area contributed by atoms with Gasteiger partial charge in [-0.2, -0.15) is 13.5 Å². The molecule has 10 nitrogen and oxygen atoms in total. The van der Waals surface area contributed by atoms with E-state index in [4.69, 9.17) is 18.9 Å². The average molecular weight is 449 g/mol. The van der Waals surface area contributed by atoms with Crippen molar-refractivity contribution in [2.75, 3.05) is 41.6 Å². The predicted molar refractivity (Wildman–Crippen MR) is 114 cm³/mol. The van der Waals surface area contributed by atoms with Crippen LogP contribution in [0, 0.1) is 0 Å². The monoisotopic (exact) mass is 449 g/mol. The zero-order valence-corrected chi connectivity index (χ0v) is 18.3. The van der Waals surface area contributed by atoms with Crippen molar-refractivity contribution in [3.05, 3.63) is 41.5 Å². The van der Waals surface area contributed by atoms with Crippen LogP contribution in [-0.2, 0) is 14.8 Å². The molecule has 0 bridgehead atoms. The number of hydrazone groups is 1. The number of phenols is 1. The molecule has 0 aromatic heterocycles. The third-order valence-electron chi connectivity index (χ3n) is 4.49. The second-order valence-electron chi connectivity index (χ2n) is 6.39. The second kappa shape index (κ2) is 9.23. The Morgan fingerprint density at radius 1 is 1.06 bits per heavy atom. The summed E-state index contributed by atoms with van der Waals surface area (Å²) in [6.45, 7) is 0.501. The summed E-state index contributed by atoms with van der Waals surface area (Å²) in [5.41, 5.74) is 0.940. The molecular weight excluding hydrogens is 426 g/mol. The molecule has 0 atom stereocenters. The van der Waals surface area contributed by atoms with E-state index in [9.17, 15) is 13.5 Å². The van der Waals surface area contributed by atoms with Gasteiger partial charge in [0.1, 0.15) is 16.4 Å². The van der Waals surface area contributed by atoms with E-state index in [1.165, 1.54) is 51.8 Å².